The second-order valence-corrected chi connectivity index (χ2v) is 7.30. The first kappa shape index (κ1) is 17.1. The molecule has 0 N–H and O–H groups in total. The molecule has 4 nitrogen and oxygen atoms in total. The zero-order chi connectivity index (χ0) is 18.9. The second kappa shape index (κ2) is 7.17. The van der Waals surface area contributed by atoms with E-state index >= 15 is 0 Å². The summed E-state index contributed by atoms with van der Waals surface area (Å²) in [6, 6.07) is 15.5. The van der Waals surface area contributed by atoms with E-state index in [1.807, 2.05) is 30.7 Å². The van der Waals surface area contributed by atoms with E-state index in [4.69, 9.17) is 4.98 Å². The number of imidazole rings is 1. The Morgan fingerprint density at radius 3 is 2.82 bits per heavy atom. The van der Waals surface area contributed by atoms with Crippen LogP contribution in [0.15, 0.2) is 73.4 Å². The Bertz CT molecular complexity index is 1110. The molecule has 1 fully saturated rings. The van der Waals surface area contributed by atoms with Crippen LogP contribution in [0.3, 0.4) is 0 Å². The largest absolute Gasteiger partial charge is 0.305 e. The van der Waals surface area contributed by atoms with Gasteiger partial charge in [-0.3, -0.25) is 9.88 Å². The highest BCUT2D eigenvalue weighted by Gasteiger charge is 2.29. The maximum Gasteiger partial charge on any atom is 0.127 e. The van der Waals surface area contributed by atoms with Crippen LogP contribution in [-0.4, -0.2) is 25.8 Å². The zero-order valence-electron chi connectivity index (χ0n) is 15.5. The number of fused-ring (bicyclic) bond motifs is 1. The molecule has 0 radical (unpaired) electrons. The number of likely N-dealkylation sites (tertiary alicyclic amines) is 1. The number of hydrogen-bond acceptors (Lipinski definition) is 3. The average molecular weight is 372 g/mol. The molecule has 5 heteroatoms. The van der Waals surface area contributed by atoms with Gasteiger partial charge in [0.1, 0.15) is 5.82 Å². The zero-order valence-corrected chi connectivity index (χ0v) is 15.5. The molecule has 1 aliphatic heterocycles. The monoisotopic (exact) mass is 372 g/mol. The summed E-state index contributed by atoms with van der Waals surface area (Å²) in [5.41, 5.74) is 5.13. The molecule has 4 aromatic rings. The normalized spacial score (nSPS) is 17.4. The Balaban J connectivity index is 1.46. The molecule has 0 amide bonds. The predicted octanol–water partition coefficient (Wildman–Crippen LogP) is 4.87. The number of benzene rings is 1. The number of pyridine rings is 2. The smallest absolute Gasteiger partial charge is 0.127 e. The summed E-state index contributed by atoms with van der Waals surface area (Å²) in [5, 5.41) is 0. The number of rotatable bonds is 4. The van der Waals surface area contributed by atoms with Crippen LogP contribution in [0.5, 0.6) is 0 Å². The van der Waals surface area contributed by atoms with E-state index in [1.54, 1.807) is 12.3 Å². The topological polar surface area (TPSA) is 33.4 Å². The first-order valence-electron chi connectivity index (χ1n) is 9.64. The van der Waals surface area contributed by atoms with E-state index in [-0.39, 0.29) is 11.9 Å². The van der Waals surface area contributed by atoms with Gasteiger partial charge in [-0.25, -0.2) is 9.37 Å². The minimum Gasteiger partial charge on any atom is -0.305 e. The van der Waals surface area contributed by atoms with Gasteiger partial charge < -0.3 is 4.40 Å². The fourth-order valence-electron chi connectivity index (χ4n) is 4.15. The van der Waals surface area contributed by atoms with Crippen molar-refractivity contribution in [3.05, 3.63) is 90.5 Å². The first-order valence-corrected chi connectivity index (χ1v) is 9.64. The lowest BCUT2D eigenvalue weighted by molar-refractivity contribution is 0.243. The Labute approximate surface area is 163 Å². The summed E-state index contributed by atoms with van der Waals surface area (Å²) >= 11 is 0. The molecule has 0 saturated carbocycles. The van der Waals surface area contributed by atoms with Gasteiger partial charge in [0.2, 0.25) is 0 Å². The third kappa shape index (κ3) is 3.08. The summed E-state index contributed by atoms with van der Waals surface area (Å²) in [7, 11) is 0. The Hall–Kier alpha value is -3.05. The van der Waals surface area contributed by atoms with E-state index in [2.05, 4.69) is 38.7 Å². The fraction of sp³-hybridized carbons (Fsp3) is 0.217. The highest BCUT2D eigenvalue weighted by Crippen LogP contribution is 2.35. The van der Waals surface area contributed by atoms with Crippen LogP contribution in [0.4, 0.5) is 4.39 Å². The second-order valence-electron chi connectivity index (χ2n) is 7.30. The third-order valence-electron chi connectivity index (χ3n) is 5.57. The van der Waals surface area contributed by atoms with Crippen LogP contribution in [0.2, 0.25) is 0 Å². The van der Waals surface area contributed by atoms with Crippen molar-refractivity contribution in [3.63, 3.8) is 0 Å². The molecule has 1 atom stereocenters. The molecule has 0 aliphatic carbocycles. The highest BCUT2D eigenvalue weighted by molar-refractivity contribution is 5.66. The molecule has 4 heterocycles. The van der Waals surface area contributed by atoms with Crippen molar-refractivity contribution >= 4 is 5.52 Å². The van der Waals surface area contributed by atoms with Crippen LogP contribution < -0.4 is 0 Å². The molecule has 3 aromatic heterocycles. The third-order valence-corrected chi connectivity index (χ3v) is 5.57. The average Bonchev–Trinajstić information content (AvgIpc) is 3.36. The van der Waals surface area contributed by atoms with E-state index in [1.165, 1.54) is 6.07 Å². The molecule has 28 heavy (non-hydrogen) atoms. The summed E-state index contributed by atoms with van der Waals surface area (Å²) in [5.74, 6) is -0.135. The Morgan fingerprint density at radius 1 is 1.04 bits per heavy atom. The lowest BCUT2D eigenvalue weighted by Gasteiger charge is -2.23. The van der Waals surface area contributed by atoms with Gasteiger partial charge >= 0.3 is 0 Å². The molecule has 5 rings (SSSR count). The maximum atomic E-state index is 14.1. The first-order chi connectivity index (χ1) is 13.8. The minimum atomic E-state index is -0.135. The van der Waals surface area contributed by atoms with Crippen molar-refractivity contribution < 1.29 is 4.39 Å². The van der Waals surface area contributed by atoms with Crippen molar-refractivity contribution in [1.82, 2.24) is 19.3 Å². The lowest BCUT2D eigenvalue weighted by Crippen LogP contribution is -2.23. The summed E-state index contributed by atoms with van der Waals surface area (Å²) in [4.78, 5) is 11.3. The van der Waals surface area contributed by atoms with Crippen molar-refractivity contribution in [2.75, 3.05) is 6.54 Å². The molecule has 0 bridgehead atoms. The van der Waals surface area contributed by atoms with Gasteiger partial charge in [-0.05, 0) is 43.1 Å². The van der Waals surface area contributed by atoms with Gasteiger partial charge in [0.15, 0.2) is 0 Å². The molecule has 1 aromatic carbocycles. The van der Waals surface area contributed by atoms with Gasteiger partial charge in [-0.15, -0.1) is 0 Å². The van der Waals surface area contributed by atoms with E-state index in [0.717, 1.165) is 47.3 Å². The highest BCUT2D eigenvalue weighted by atomic mass is 19.1. The van der Waals surface area contributed by atoms with E-state index < -0.39 is 0 Å². The maximum absolute atomic E-state index is 14.1. The van der Waals surface area contributed by atoms with E-state index in [0.29, 0.717) is 6.54 Å². The molecular formula is C23H21FN4. The minimum absolute atomic E-state index is 0.135. The standard InChI is InChI=1S/C23H21FN4/c24-20-7-2-1-5-19(20)15-27-12-4-8-21(27)23-22-10-9-18(14-28(22)16-26-23)17-6-3-11-25-13-17/h1-3,5-7,9-11,13-14,16,21H,4,8,12,15H2. The van der Waals surface area contributed by atoms with Crippen molar-refractivity contribution in [2.45, 2.75) is 25.4 Å². The lowest BCUT2D eigenvalue weighted by atomic mass is 10.1. The van der Waals surface area contributed by atoms with Crippen molar-refractivity contribution in [1.29, 1.82) is 0 Å². The van der Waals surface area contributed by atoms with Crippen LogP contribution in [0, 0.1) is 5.82 Å². The van der Waals surface area contributed by atoms with Crippen LogP contribution in [0.1, 0.15) is 30.1 Å². The predicted molar refractivity (Wildman–Crippen MR) is 107 cm³/mol. The number of aromatic nitrogens is 3. The summed E-state index contributed by atoms with van der Waals surface area (Å²) < 4.78 is 16.2. The van der Waals surface area contributed by atoms with Gasteiger partial charge in [0, 0.05) is 36.3 Å². The Morgan fingerprint density at radius 2 is 1.96 bits per heavy atom. The summed E-state index contributed by atoms with van der Waals surface area (Å²) in [6.07, 6.45) is 9.77. The molecule has 0 spiro atoms. The van der Waals surface area contributed by atoms with Crippen molar-refractivity contribution in [2.24, 2.45) is 0 Å². The molecule has 1 saturated heterocycles. The molecular weight excluding hydrogens is 351 g/mol. The van der Waals surface area contributed by atoms with Crippen LogP contribution in [0.25, 0.3) is 16.6 Å². The number of halogens is 1. The Kier molecular flexibility index (Phi) is 4.37. The van der Waals surface area contributed by atoms with Gasteiger partial charge in [-0.2, -0.15) is 0 Å². The van der Waals surface area contributed by atoms with Gasteiger partial charge in [0.05, 0.1) is 23.6 Å². The number of nitrogens with zero attached hydrogens (tertiary/aromatic N) is 4. The quantitative estimate of drug-likeness (QED) is 0.512. The summed E-state index contributed by atoms with van der Waals surface area (Å²) in [6.45, 7) is 1.58. The van der Waals surface area contributed by atoms with Gasteiger partial charge in [-0.1, -0.05) is 30.3 Å². The molecule has 1 unspecified atom stereocenters. The van der Waals surface area contributed by atoms with Crippen LogP contribution in [-0.2, 0) is 6.54 Å². The van der Waals surface area contributed by atoms with Gasteiger partial charge in [0.25, 0.3) is 0 Å². The van der Waals surface area contributed by atoms with Crippen molar-refractivity contribution in [3.8, 4) is 11.1 Å². The SMILES string of the molecule is Fc1ccccc1CN1CCCC1c1ncn2cc(-c3cccnc3)ccc12. The molecule has 140 valence electrons. The molecule has 1 aliphatic rings. The fourth-order valence-corrected chi connectivity index (χ4v) is 4.15. The number of hydrogen-bond donors (Lipinski definition) is 0. The van der Waals surface area contributed by atoms with Crippen LogP contribution >= 0.6 is 0 Å². The van der Waals surface area contributed by atoms with E-state index in [9.17, 15) is 4.39 Å².